The normalized spacial score (nSPS) is 10.0. The molecule has 0 saturated carbocycles. The first-order valence-electron chi connectivity index (χ1n) is 11.4. The van der Waals surface area contributed by atoms with Crippen LogP contribution >= 0.6 is 0 Å². The van der Waals surface area contributed by atoms with E-state index in [1.165, 1.54) is 0 Å². The molecule has 0 atom stereocenters. The fourth-order valence-electron chi connectivity index (χ4n) is 3.33. The second kappa shape index (κ2) is 16.5. The van der Waals surface area contributed by atoms with Gasteiger partial charge in [-0.25, -0.2) is 5.41 Å². The number of nitrogens with one attached hydrogen (secondary N) is 4. The van der Waals surface area contributed by atoms with E-state index in [0.717, 1.165) is 63.0 Å². The van der Waals surface area contributed by atoms with Crippen molar-refractivity contribution in [2.24, 2.45) is 4.99 Å². The molecule has 0 aliphatic heterocycles. The Balaban J connectivity index is 2.71. The third-order valence-corrected chi connectivity index (χ3v) is 5.16. The van der Waals surface area contributed by atoms with Gasteiger partial charge in [0.05, 0.1) is 6.01 Å². The minimum Gasteiger partial charge on any atom is -0.342 e. The van der Waals surface area contributed by atoms with Gasteiger partial charge in [-0.15, -0.1) is 0 Å². The van der Waals surface area contributed by atoms with Crippen molar-refractivity contribution in [1.82, 2.24) is 20.1 Å². The average Bonchev–Trinajstić information content (AvgIpc) is 2.79. The summed E-state index contributed by atoms with van der Waals surface area (Å²) in [5.74, 6) is 0.200. The number of pyridine rings is 1. The molecule has 0 aliphatic carbocycles. The van der Waals surface area contributed by atoms with Crippen LogP contribution in [0.4, 0.5) is 0 Å². The molecule has 0 saturated heterocycles. The lowest BCUT2D eigenvalue weighted by atomic mass is 10.2. The number of rotatable bonds is 14. The molecule has 0 unspecified atom stereocenters. The van der Waals surface area contributed by atoms with Crippen molar-refractivity contribution in [2.45, 2.75) is 65.2 Å². The van der Waals surface area contributed by atoms with Gasteiger partial charge in [-0.3, -0.25) is 21.1 Å². The zero-order valence-corrected chi connectivity index (χ0v) is 19.5. The molecule has 0 radical (unpaired) electrons. The summed E-state index contributed by atoms with van der Waals surface area (Å²) in [6, 6.07) is 7.90. The molecule has 1 aromatic heterocycles. The van der Waals surface area contributed by atoms with Crippen molar-refractivity contribution in [3.8, 4) is 6.19 Å². The summed E-state index contributed by atoms with van der Waals surface area (Å²) in [6.07, 6.45) is 9.56. The van der Waals surface area contributed by atoms with Crippen LogP contribution in [-0.2, 0) is 12.8 Å². The summed E-state index contributed by atoms with van der Waals surface area (Å²) in [7, 11) is 0. The predicted octanol–water partition coefficient (Wildman–Crippen LogP) is 3.84. The van der Waals surface area contributed by atoms with Gasteiger partial charge in [-0.1, -0.05) is 45.6 Å². The zero-order valence-electron chi connectivity index (χ0n) is 19.5. The molecule has 174 valence electrons. The molecule has 1 rings (SSSR count). The van der Waals surface area contributed by atoms with Gasteiger partial charge in [0, 0.05) is 50.4 Å². The number of aliphatic imine (C=N–C) groups is 1. The Labute approximate surface area is 192 Å². The van der Waals surface area contributed by atoms with Crippen molar-refractivity contribution >= 4 is 17.9 Å². The predicted molar refractivity (Wildman–Crippen MR) is 128 cm³/mol. The van der Waals surface area contributed by atoms with Gasteiger partial charge in [0.15, 0.2) is 6.19 Å². The van der Waals surface area contributed by atoms with Crippen LogP contribution in [0.3, 0.4) is 0 Å². The van der Waals surface area contributed by atoms with E-state index in [2.05, 4.69) is 24.2 Å². The molecule has 0 fully saturated rings. The van der Waals surface area contributed by atoms with Crippen molar-refractivity contribution < 1.29 is 0 Å². The Morgan fingerprint density at radius 3 is 2.06 bits per heavy atom. The molecular weight excluding hydrogens is 402 g/mol. The van der Waals surface area contributed by atoms with Gasteiger partial charge in [0.25, 0.3) is 0 Å². The van der Waals surface area contributed by atoms with Crippen LogP contribution in [0.25, 0.3) is 0 Å². The van der Waals surface area contributed by atoms with Crippen molar-refractivity contribution in [2.75, 3.05) is 26.2 Å². The average molecular weight is 440 g/mol. The SMILES string of the molecule is CCCCCN(CCc1cccc(CCN(CCCCC)C(=N)NC#N)n1)C(=N)N=C=N. The van der Waals surface area contributed by atoms with E-state index in [-0.39, 0.29) is 11.9 Å². The highest BCUT2D eigenvalue weighted by Gasteiger charge is 2.12. The van der Waals surface area contributed by atoms with Gasteiger partial charge in [0.2, 0.25) is 11.9 Å². The summed E-state index contributed by atoms with van der Waals surface area (Å²) < 4.78 is 0. The Morgan fingerprint density at radius 1 is 0.969 bits per heavy atom. The van der Waals surface area contributed by atoms with Crippen LogP contribution in [0.15, 0.2) is 23.2 Å². The highest BCUT2D eigenvalue weighted by Crippen LogP contribution is 2.07. The van der Waals surface area contributed by atoms with Gasteiger partial charge in [0.1, 0.15) is 0 Å². The Kier molecular flexibility index (Phi) is 13.8. The first-order valence-corrected chi connectivity index (χ1v) is 11.4. The topological polar surface area (TPSA) is 139 Å². The number of nitriles is 1. The zero-order chi connectivity index (χ0) is 23.6. The quantitative estimate of drug-likeness (QED) is 0.115. The molecule has 1 heterocycles. The summed E-state index contributed by atoms with van der Waals surface area (Å²) in [6.45, 7) is 6.99. The number of hydrogen-bond acceptors (Lipinski definition) is 5. The van der Waals surface area contributed by atoms with Crippen LogP contribution < -0.4 is 5.32 Å². The lowest BCUT2D eigenvalue weighted by Crippen LogP contribution is -2.40. The number of nitrogens with zero attached hydrogens (tertiary/aromatic N) is 5. The maximum absolute atomic E-state index is 8.84. The van der Waals surface area contributed by atoms with Gasteiger partial charge >= 0.3 is 0 Å². The van der Waals surface area contributed by atoms with E-state index in [1.807, 2.05) is 40.2 Å². The smallest absolute Gasteiger partial charge is 0.227 e. The fourth-order valence-corrected chi connectivity index (χ4v) is 3.33. The van der Waals surface area contributed by atoms with Gasteiger partial charge < -0.3 is 9.80 Å². The van der Waals surface area contributed by atoms with Crippen molar-refractivity contribution in [3.05, 3.63) is 29.6 Å². The lowest BCUT2D eigenvalue weighted by Gasteiger charge is -2.24. The number of unbranched alkanes of at least 4 members (excludes halogenated alkanes) is 4. The second-order valence-corrected chi connectivity index (χ2v) is 7.64. The molecule has 4 N–H and O–H groups in total. The molecular formula is C23H37N9. The maximum Gasteiger partial charge on any atom is 0.227 e. The number of aromatic nitrogens is 1. The third kappa shape index (κ3) is 10.7. The number of guanidine groups is 2. The minimum atomic E-state index is 0.0680. The number of hydrogen-bond donors (Lipinski definition) is 4. The van der Waals surface area contributed by atoms with Gasteiger partial charge in [-0.05, 0) is 25.0 Å². The third-order valence-electron chi connectivity index (χ3n) is 5.16. The highest BCUT2D eigenvalue weighted by molar-refractivity contribution is 5.82. The molecule has 0 aromatic carbocycles. The largest absolute Gasteiger partial charge is 0.342 e. The van der Waals surface area contributed by atoms with E-state index < -0.39 is 0 Å². The standard InChI is InChI=1S/C23H37N9/c1-3-5-7-14-31(22(26)28-18-24)16-12-20-10-9-11-21(30-20)13-17-32(15-8-6-4-2)23(27)29-19-25/h9-11,24,26H,3-8,12-17H2,1-2H3,(H2,27,29). The monoisotopic (exact) mass is 439 g/mol. The summed E-state index contributed by atoms with van der Waals surface area (Å²) in [5.41, 5.74) is 1.88. The van der Waals surface area contributed by atoms with E-state index >= 15 is 0 Å². The van der Waals surface area contributed by atoms with Gasteiger partial charge in [-0.2, -0.15) is 10.3 Å². The molecule has 9 heteroatoms. The van der Waals surface area contributed by atoms with E-state index in [1.54, 1.807) is 0 Å². The van der Waals surface area contributed by atoms with Crippen molar-refractivity contribution in [1.29, 1.82) is 21.5 Å². The second-order valence-electron chi connectivity index (χ2n) is 7.64. The molecule has 1 aromatic rings. The maximum atomic E-state index is 8.84. The molecule has 9 nitrogen and oxygen atoms in total. The molecule has 32 heavy (non-hydrogen) atoms. The van der Waals surface area contributed by atoms with Crippen LogP contribution in [0.1, 0.15) is 63.8 Å². The molecule has 0 aliphatic rings. The summed E-state index contributed by atoms with van der Waals surface area (Å²) >= 11 is 0. The Hall–Kier alpha value is -3.24. The summed E-state index contributed by atoms with van der Waals surface area (Å²) in [5, 5.41) is 34.4. The first kappa shape index (κ1) is 26.8. The van der Waals surface area contributed by atoms with E-state index in [9.17, 15) is 0 Å². The van der Waals surface area contributed by atoms with Crippen LogP contribution in [-0.4, -0.2) is 58.9 Å². The minimum absolute atomic E-state index is 0.0680. The fraction of sp³-hybridized carbons (Fsp3) is 0.609. The molecule has 0 bridgehead atoms. The lowest BCUT2D eigenvalue weighted by molar-refractivity contribution is 0.392. The van der Waals surface area contributed by atoms with E-state index in [4.69, 9.17) is 26.5 Å². The highest BCUT2D eigenvalue weighted by atomic mass is 15.3. The first-order chi connectivity index (χ1) is 15.5. The van der Waals surface area contributed by atoms with E-state index in [0.29, 0.717) is 25.9 Å². The van der Waals surface area contributed by atoms with Crippen molar-refractivity contribution in [3.63, 3.8) is 0 Å². The summed E-state index contributed by atoms with van der Waals surface area (Å²) in [4.78, 5) is 12.2. The Bertz CT molecular complexity index is 793. The Morgan fingerprint density at radius 2 is 1.53 bits per heavy atom. The van der Waals surface area contributed by atoms with Crippen LogP contribution in [0, 0.1) is 27.7 Å². The molecule has 0 amide bonds. The van der Waals surface area contributed by atoms with Crippen LogP contribution in [0.2, 0.25) is 0 Å². The molecule has 0 spiro atoms. The van der Waals surface area contributed by atoms with Crippen LogP contribution in [0.5, 0.6) is 0 Å².